The van der Waals surface area contributed by atoms with E-state index in [1.165, 1.54) is 70.6 Å². The first-order valence-corrected chi connectivity index (χ1v) is 7.32. The summed E-state index contributed by atoms with van der Waals surface area (Å²) in [5.41, 5.74) is 6.35. The van der Waals surface area contributed by atoms with Crippen molar-refractivity contribution in [2.75, 3.05) is 6.54 Å². The van der Waals surface area contributed by atoms with Crippen molar-refractivity contribution >= 4 is 0 Å². The van der Waals surface area contributed by atoms with Crippen LogP contribution < -0.4 is 11.1 Å². The monoisotopic (exact) mass is 224 g/mol. The lowest BCUT2D eigenvalue weighted by Crippen LogP contribution is -2.55. The third-order valence-corrected chi connectivity index (χ3v) is 4.57. The molecule has 16 heavy (non-hydrogen) atoms. The average molecular weight is 224 g/mol. The molecular formula is C14H28N2. The molecule has 2 saturated carbocycles. The molecule has 94 valence electrons. The Bertz CT molecular complexity index is 189. The van der Waals surface area contributed by atoms with E-state index in [1.54, 1.807) is 0 Å². The first-order chi connectivity index (χ1) is 7.85. The van der Waals surface area contributed by atoms with Gasteiger partial charge in [0.1, 0.15) is 0 Å². The third kappa shape index (κ3) is 3.21. The minimum absolute atomic E-state index is 0.290. The van der Waals surface area contributed by atoms with Crippen LogP contribution in [0.25, 0.3) is 0 Å². The molecule has 3 N–H and O–H groups in total. The molecule has 0 spiro atoms. The molecule has 0 aromatic rings. The molecule has 2 heteroatoms. The normalized spacial score (nSPS) is 27.6. The van der Waals surface area contributed by atoms with Crippen molar-refractivity contribution in [3.8, 4) is 0 Å². The lowest BCUT2D eigenvalue weighted by atomic mass is 9.86. The molecule has 0 atom stereocenters. The minimum atomic E-state index is 0.290. The van der Waals surface area contributed by atoms with Crippen LogP contribution in [-0.4, -0.2) is 18.1 Å². The molecule has 0 radical (unpaired) electrons. The van der Waals surface area contributed by atoms with E-state index in [9.17, 15) is 0 Å². The second-order valence-corrected chi connectivity index (χ2v) is 5.88. The van der Waals surface area contributed by atoms with E-state index in [1.807, 2.05) is 0 Å². The molecule has 2 aliphatic carbocycles. The minimum Gasteiger partial charge on any atom is -0.329 e. The SMILES string of the molecule is NCC1(NC2CCCCC2)CCCCCC1. The Morgan fingerprint density at radius 1 is 0.875 bits per heavy atom. The second-order valence-electron chi connectivity index (χ2n) is 5.88. The summed E-state index contributed by atoms with van der Waals surface area (Å²) in [6.07, 6.45) is 15.2. The van der Waals surface area contributed by atoms with Gasteiger partial charge >= 0.3 is 0 Å². The Labute approximate surface area is 100 Å². The van der Waals surface area contributed by atoms with E-state index in [-0.39, 0.29) is 0 Å². The zero-order valence-electron chi connectivity index (χ0n) is 10.6. The van der Waals surface area contributed by atoms with Crippen molar-refractivity contribution in [3.63, 3.8) is 0 Å². The fourth-order valence-electron chi connectivity index (χ4n) is 3.49. The molecule has 2 rings (SSSR count). The van der Waals surface area contributed by atoms with Crippen LogP contribution in [0.5, 0.6) is 0 Å². The average Bonchev–Trinajstić information content (AvgIpc) is 2.57. The maximum Gasteiger partial charge on any atom is 0.0306 e. The first kappa shape index (κ1) is 12.4. The molecule has 2 nitrogen and oxygen atoms in total. The summed E-state index contributed by atoms with van der Waals surface area (Å²) in [4.78, 5) is 0. The number of hydrogen-bond donors (Lipinski definition) is 2. The van der Waals surface area contributed by atoms with Gasteiger partial charge in [-0.15, -0.1) is 0 Å². The molecular weight excluding hydrogens is 196 g/mol. The van der Waals surface area contributed by atoms with E-state index in [4.69, 9.17) is 5.73 Å². The Kier molecular flexibility index (Phi) is 4.66. The van der Waals surface area contributed by atoms with Gasteiger partial charge in [0.25, 0.3) is 0 Å². The summed E-state index contributed by atoms with van der Waals surface area (Å²) in [6.45, 7) is 0.837. The van der Waals surface area contributed by atoms with Crippen LogP contribution in [-0.2, 0) is 0 Å². The van der Waals surface area contributed by atoms with Gasteiger partial charge in [0, 0.05) is 18.1 Å². The summed E-state index contributed by atoms with van der Waals surface area (Å²) in [6, 6.07) is 0.760. The predicted octanol–water partition coefficient (Wildman–Crippen LogP) is 2.96. The van der Waals surface area contributed by atoms with Gasteiger partial charge in [-0.25, -0.2) is 0 Å². The van der Waals surface area contributed by atoms with Crippen molar-refractivity contribution in [2.24, 2.45) is 5.73 Å². The van der Waals surface area contributed by atoms with Crippen LogP contribution in [0.3, 0.4) is 0 Å². The van der Waals surface area contributed by atoms with E-state index in [2.05, 4.69) is 5.32 Å². The molecule has 0 unspecified atom stereocenters. The molecule has 2 fully saturated rings. The van der Waals surface area contributed by atoms with Gasteiger partial charge in [0.05, 0.1) is 0 Å². The number of nitrogens with one attached hydrogen (secondary N) is 1. The number of hydrogen-bond acceptors (Lipinski definition) is 2. The number of rotatable bonds is 3. The molecule has 0 amide bonds. The van der Waals surface area contributed by atoms with Gasteiger partial charge in [-0.2, -0.15) is 0 Å². The highest BCUT2D eigenvalue weighted by Crippen LogP contribution is 2.29. The maximum atomic E-state index is 6.06. The summed E-state index contributed by atoms with van der Waals surface area (Å²) in [5.74, 6) is 0. The zero-order chi connectivity index (χ0) is 11.3. The molecule has 0 heterocycles. The van der Waals surface area contributed by atoms with Crippen LogP contribution in [0.15, 0.2) is 0 Å². The van der Waals surface area contributed by atoms with E-state index in [0.29, 0.717) is 5.54 Å². The Hall–Kier alpha value is -0.0800. The standard InChI is InChI=1S/C14H28N2/c15-12-14(10-6-1-2-7-11-14)16-13-8-4-3-5-9-13/h13,16H,1-12,15H2. The molecule has 0 bridgehead atoms. The lowest BCUT2D eigenvalue weighted by Gasteiger charge is -2.38. The van der Waals surface area contributed by atoms with Crippen molar-refractivity contribution in [1.82, 2.24) is 5.32 Å². The molecule has 0 saturated heterocycles. The second kappa shape index (κ2) is 6.02. The van der Waals surface area contributed by atoms with Gasteiger partial charge in [0.2, 0.25) is 0 Å². The highest BCUT2D eigenvalue weighted by molar-refractivity contribution is 4.93. The summed E-state index contributed by atoms with van der Waals surface area (Å²) >= 11 is 0. The third-order valence-electron chi connectivity index (χ3n) is 4.57. The molecule has 0 aromatic heterocycles. The predicted molar refractivity (Wildman–Crippen MR) is 69.5 cm³/mol. The van der Waals surface area contributed by atoms with Crippen molar-refractivity contribution in [1.29, 1.82) is 0 Å². The van der Waals surface area contributed by atoms with Crippen LogP contribution in [0.2, 0.25) is 0 Å². The molecule has 2 aliphatic rings. The lowest BCUT2D eigenvalue weighted by molar-refractivity contribution is 0.227. The Morgan fingerprint density at radius 2 is 1.44 bits per heavy atom. The van der Waals surface area contributed by atoms with Crippen LogP contribution in [0, 0.1) is 0 Å². The van der Waals surface area contributed by atoms with Crippen molar-refractivity contribution in [2.45, 2.75) is 82.2 Å². The fraction of sp³-hybridized carbons (Fsp3) is 1.00. The van der Waals surface area contributed by atoms with Gasteiger partial charge in [0.15, 0.2) is 0 Å². The van der Waals surface area contributed by atoms with Crippen LogP contribution >= 0.6 is 0 Å². The highest BCUT2D eigenvalue weighted by Gasteiger charge is 2.31. The first-order valence-electron chi connectivity index (χ1n) is 7.32. The topological polar surface area (TPSA) is 38.0 Å². The van der Waals surface area contributed by atoms with Gasteiger partial charge in [-0.1, -0.05) is 44.9 Å². The maximum absolute atomic E-state index is 6.06. The van der Waals surface area contributed by atoms with E-state index >= 15 is 0 Å². The smallest absolute Gasteiger partial charge is 0.0306 e. The van der Waals surface area contributed by atoms with E-state index < -0.39 is 0 Å². The molecule has 0 aliphatic heterocycles. The summed E-state index contributed by atoms with van der Waals surface area (Å²) < 4.78 is 0. The zero-order valence-corrected chi connectivity index (χ0v) is 10.6. The Morgan fingerprint density at radius 3 is 2.00 bits per heavy atom. The quantitative estimate of drug-likeness (QED) is 0.723. The van der Waals surface area contributed by atoms with Crippen LogP contribution in [0.1, 0.15) is 70.6 Å². The van der Waals surface area contributed by atoms with Crippen molar-refractivity contribution in [3.05, 3.63) is 0 Å². The summed E-state index contributed by atoms with van der Waals surface area (Å²) in [5, 5.41) is 3.94. The fourth-order valence-corrected chi connectivity index (χ4v) is 3.49. The number of nitrogens with two attached hydrogens (primary N) is 1. The van der Waals surface area contributed by atoms with E-state index in [0.717, 1.165) is 12.6 Å². The molecule has 0 aromatic carbocycles. The van der Waals surface area contributed by atoms with Gasteiger partial charge in [-0.3, -0.25) is 0 Å². The largest absolute Gasteiger partial charge is 0.329 e. The Balaban J connectivity index is 1.90. The highest BCUT2D eigenvalue weighted by atomic mass is 15.0. The van der Waals surface area contributed by atoms with Gasteiger partial charge < -0.3 is 11.1 Å². The summed E-state index contributed by atoms with van der Waals surface area (Å²) in [7, 11) is 0. The van der Waals surface area contributed by atoms with Crippen LogP contribution in [0.4, 0.5) is 0 Å². The van der Waals surface area contributed by atoms with Crippen molar-refractivity contribution < 1.29 is 0 Å². The van der Waals surface area contributed by atoms with Gasteiger partial charge in [-0.05, 0) is 25.7 Å².